The molecule has 1 aromatic carbocycles. The van der Waals surface area contributed by atoms with Crippen LogP contribution in [-0.2, 0) is 17.6 Å². The number of nitrogens with zero attached hydrogens (tertiary/aromatic N) is 1. The summed E-state index contributed by atoms with van der Waals surface area (Å²) in [6.45, 7) is 2.05. The van der Waals surface area contributed by atoms with Gasteiger partial charge in [0.2, 0.25) is 5.91 Å². The van der Waals surface area contributed by atoms with E-state index in [-0.39, 0.29) is 11.9 Å². The fourth-order valence-electron chi connectivity index (χ4n) is 2.23. The number of carbonyl (C=O) groups excluding carboxylic acids is 1. The fraction of sp³-hybridized carbons (Fsp3) is 0.353. The van der Waals surface area contributed by atoms with Crippen molar-refractivity contribution < 1.29 is 4.79 Å². The van der Waals surface area contributed by atoms with Crippen LogP contribution >= 0.6 is 11.3 Å². The maximum atomic E-state index is 11.9. The second-order valence-corrected chi connectivity index (χ2v) is 6.52. The lowest BCUT2D eigenvalue weighted by atomic mass is 10.1. The second kappa shape index (κ2) is 7.27. The zero-order valence-electron chi connectivity index (χ0n) is 12.8. The van der Waals surface area contributed by atoms with E-state index < -0.39 is 0 Å². The predicted octanol–water partition coefficient (Wildman–Crippen LogP) is 3.10. The number of rotatable bonds is 6. The first-order valence-electron chi connectivity index (χ1n) is 7.12. The van der Waals surface area contributed by atoms with Crippen molar-refractivity contribution in [1.82, 2.24) is 5.32 Å². The van der Waals surface area contributed by atoms with Crippen LogP contribution in [0.1, 0.15) is 17.4 Å². The molecule has 0 radical (unpaired) electrons. The van der Waals surface area contributed by atoms with E-state index in [1.54, 1.807) is 11.3 Å². The molecule has 1 aromatic heterocycles. The van der Waals surface area contributed by atoms with Crippen LogP contribution < -0.4 is 10.2 Å². The molecule has 112 valence electrons. The van der Waals surface area contributed by atoms with Crippen LogP contribution in [0.2, 0.25) is 0 Å². The third-order valence-electron chi connectivity index (χ3n) is 3.32. The molecule has 0 saturated carbocycles. The Hall–Kier alpha value is -1.81. The Kier molecular flexibility index (Phi) is 5.39. The summed E-state index contributed by atoms with van der Waals surface area (Å²) in [5.41, 5.74) is 2.43. The minimum absolute atomic E-state index is 0.0925. The van der Waals surface area contributed by atoms with Crippen LogP contribution in [0.4, 0.5) is 5.69 Å². The van der Waals surface area contributed by atoms with Crippen molar-refractivity contribution in [3.05, 3.63) is 52.2 Å². The second-order valence-electron chi connectivity index (χ2n) is 5.49. The number of thiophene rings is 1. The van der Waals surface area contributed by atoms with Crippen molar-refractivity contribution in [3.8, 4) is 0 Å². The van der Waals surface area contributed by atoms with Gasteiger partial charge in [0.05, 0.1) is 6.42 Å². The molecule has 0 aliphatic carbocycles. The van der Waals surface area contributed by atoms with Gasteiger partial charge in [0.25, 0.3) is 0 Å². The van der Waals surface area contributed by atoms with Gasteiger partial charge in [0.15, 0.2) is 0 Å². The van der Waals surface area contributed by atoms with Crippen LogP contribution in [0.25, 0.3) is 0 Å². The van der Waals surface area contributed by atoms with Gasteiger partial charge in [-0.25, -0.2) is 0 Å². The predicted molar refractivity (Wildman–Crippen MR) is 90.1 cm³/mol. The molecule has 3 nitrogen and oxygen atoms in total. The first kappa shape index (κ1) is 15.6. The van der Waals surface area contributed by atoms with Gasteiger partial charge >= 0.3 is 0 Å². The molecule has 21 heavy (non-hydrogen) atoms. The summed E-state index contributed by atoms with van der Waals surface area (Å²) in [5, 5.41) is 5.06. The highest BCUT2D eigenvalue weighted by atomic mass is 32.1. The van der Waals surface area contributed by atoms with Crippen molar-refractivity contribution >= 4 is 22.9 Å². The van der Waals surface area contributed by atoms with Crippen molar-refractivity contribution in [3.63, 3.8) is 0 Å². The fourth-order valence-corrected chi connectivity index (χ4v) is 2.94. The normalized spacial score (nSPS) is 12.0. The molecule has 1 heterocycles. The number of amides is 1. The number of benzene rings is 1. The summed E-state index contributed by atoms with van der Waals surface area (Å²) in [7, 11) is 4.06. The van der Waals surface area contributed by atoms with E-state index in [2.05, 4.69) is 34.5 Å². The Bertz CT molecular complexity index is 561. The zero-order valence-corrected chi connectivity index (χ0v) is 13.6. The highest BCUT2D eigenvalue weighted by Gasteiger charge is 2.09. The monoisotopic (exact) mass is 302 g/mol. The molecule has 4 heteroatoms. The first-order chi connectivity index (χ1) is 10.0. The highest BCUT2D eigenvalue weighted by Crippen LogP contribution is 2.14. The third-order valence-corrected chi connectivity index (χ3v) is 4.19. The lowest BCUT2D eigenvalue weighted by Gasteiger charge is -2.16. The molecular weight excluding hydrogens is 280 g/mol. The lowest BCUT2D eigenvalue weighted by Crippen LogP contribution is -2.35. The quantitative estimate of drug-likeness (QED) is 0.889. The molecule has 0 spiro atoms. The molecule has 0 unspecified atom stereocenters. The molecule has 0 aliphatic rings. The molecule has 0 bridgehead atoms. The van der Waals surface area contributed by atoms with Crippen molar-refractivity contribution in [2.24, 2.45) is 0 Å². The molecule has 0 aliphatic heterocycles. The summed E-state index contributed by atoms with van der Waals surface area (Å²) in [5.74, 6) is 0.0925. The number of hydrogen-bond acceptors (Lipinski definition) is 3. The number of anilines is 1. The van der Waals surface area contributed by atoms with Crippen LogP contribution in [-0.4, -0.2) is 26.0 Å². The molecule has 0 fully saturated rings. The van der Waals surface area contributed by atoms with Crippen LogP contribution in [0.15, 0.2) is 41.8 Å². The van der Waals surface area contributed by atoms with Gasteiger partial charge in [-0.1, -0.05) is 18.2 Å². The summed E-state index contributed by atoms with van der Waals surface area (Å²) in [4.78, 5) is 15.1. The minimum atomic E-state index is 0.0925. The Morgan fingerprint density at radius 3 is 2.52 bits per heavy atom. The van der Waals surface area contributed by atoms with E-state index in [4.69, 9.17) is 0 Å². The molecule has 1 amide bonds. The summed E-state index contributed by atoms with van der Waals surface area (Å²) in [6.07, 6.45) is 1.32. The number of carbonyl (C=O) groups is 1. The van der Waals surface area contributed by atoms with Crippen molar-refractivity contribution in [1.29, 1.82) is 0 Å². The zero-order chi connectivity index (χ0) is 15.2. The Balaban J connectivity index is 1.83. The minimum Gasteiger partial charge on any atom is -0.378 e. The third kappa shape index (κ3) is 4.90. The van der Waals surface area contributed by atoms with E-state index in [1.165, 1.54) is 11.3 Å². The van der Waals surface area contributed by atoms with Gasteiger partial charge in [0, 0.05) is 30.7 Å². The van der Waals surface area contributed by atoms with Gasteiger partial charge in [-0.05, 0) is 42.5 Å². The Morgan fingerprint density at radius 1 is 1.24 bits per heavy atom. The topological polar surface area (TPSA) is 32.3 Å². The average molecular weight is 302 g/mol. The van der Waals surface area contributed by atoms with Gasteiger partial charge < -0.3 is 10.2 Å². The van der Waals surface area contributed by atoms with Crippen LogP contribution in [0.3, 0.4) is 0 Å². The molecule has 2 rings (SSSR count). The van der Waals surface area contributed by atoms with Gasteiger partial charge in [-0.3, -0.25) is 4.79 Å². The van der Waals surface area contributed by atoms with Crippen LogP contribution in [0.5, 0.6) is 0 Å². The summed E-state index contributed by atoms with van der Waals surface area (Å²) in [6, 6.07) is 12.6. The SMILES string of the molecule is C[C@@H](Cc1ccc(N(C)C)cc1)NC(=O)Cc1cccs1. The van der Waals surface area contributed by atoms with Gasteiger partial charge in [-0.2, -0.15) is 0 Å². The smallest absolute Gasteiger partial charge is 0.225 e. The number of nitrogens with one attached hydrogen (secondary N) is 1. The van der Waals surface area contributed by atoms with E-state index in [0.29, 0.717) is 6.42 Å². The lowest BCUT2D eigenvalue weighted by molar-refractivity contribution is -0.120. The largest absolute Gasteiger partial charge is 0.378 e. The van der Waals surface area contributed by atoms with E-state index in [9.17, 15) is 4.79 Å². The van der Waals surface area contributed by atoms with E-state index >= 15 is 0 Å². The Labute approximate surface area is 130 Å². The maximum absolute atomic E-state index is 11.9. The Morgan fingerprint density at radius 2 is 1.95 bits per heavy atom. The van der Waals surface area contributed by atoms with Crippen molar-refractivity contribution in [2.45, 2.75) is 25.8 Å². The molecular formula is C17H22N2OS. The van der Waals surface area contributed by atoms with E-state index in [1.807, 2.05) is 38.5 Å². The molecule has 1 N–H and O–H groups in total. The first-order valence-corrected chi connectivity index (χ1v) is 8.00. The van der Waals surface area contributed by atoms with E-state index in [0.717, 1.165) is 11.3 Å². The standard InChI is InChI=1S/C17H22N2OS/c1-13(18-17(20)12-16-5-4-10-21-16)11-14-6-8-15(9-7-14)19(2)3/h4-10,13H,11-12H2,1-3H3,(H,18,20)/t13-/m0/s1. The van der Waals surface area contributed by atoms with Crippen molar-refractivity contribution in [2.75, 3.05) is 19.0 Å². The molecule has 0 saturated heterocycles. The summed E-state index contributed by atoms with van der Waals surface area (Å²) >= 11 is 1.62. The van der Waals surface area contributed by atoms with Crippen LogP contribution in [0, 0.1) is 0 Å². The summed E-state index contributed by atoms with van der Waals surface area (Å²) < 4.78 is 0. The maximum Gasteiger partial charge on any atom is 0.225 e. The average Bonchev–Trinajstić information content (AvgIpc) is 2.91. The molecule has 1 atom stereocenters. The highest BCUT2D eigenvalue weighted by molar-refractivity contribution is 7.10. The number of hydrogen-bond donors (Lipinski definition) is 1. The van der Waals surface area contributed by atoms with Gasteiger partial charge in [-0.15, -0.1) is 11.3 Å². The van der Waals surface area contributed by atoms with Gasteiger partial charge in [0.1, 0.15) is 0 Å². The molecule has 2 aromatic rings.